The standard InChI is InChI=1S/C17H22N4O/c1-3-5-6-14-20-15-16(21(14)9-4-2)12-8-7-11(22)10-13(12)19-17(15)18/h7-8,10,22H,3-6,9H2,1-2H3,(H2,18,19). The van der Waals surface area contributed by atoms with E-state index in [-0.39, 0.29) is 5.75 Å². The normalized spacial score (nSPS) is 11.5. The van der Waals surface area contributed by atoms with Crippen LogP contribution in [0.1, 0.15) is 38.9 Å². The largest absolute Gasteiger partial charge is 0.508 e. The summed E-state index contributed by atoms with van der Waals surface area (Å²) in [6.45, 7) is 5.25. The minimum absolute atomic E-state index is 0.200. The molecule has 0 atom stereocenters. The zero-order chi connectivity index (χ0) is 15.7. The van der Waals surface area contributed by atoms with Gasteiger partial charge < -0.3 is 15.4 Å². The molecule has 0 spiro atoms. The highest BCUT2D eigenvalue weighted by molar-refractivity contribution is 6.06. The van der Waals surface area contributed by atoms with Gasteiger partial charge in [0.2, 0.25) is 0 Å². The van der Waals surface area contributed by atoms with Crippen molar-refractivity contribution in [1.82, 2.24) is 14.5 Å². The van der Waals surface area contributed by atoms with Crippen LogP contribution in [0.4, 0.5) is 5.82 Å². The molecule has 0 aliphatic rings. The molecule has 2 aromatic heterocycles. The molecule has 0 radical (unpaired) electrons. The second-order valence-electron chi connectivity index (χ2n) is 5.68. The zero-order valence-corrected chi connectivity index (χ0v) is 13.1. The van der Waals surface area contributed by atoms with Crippen molar-refractivity contribution in [3.8, 4) is 5.75 Å². The van der Waals surface area contributed by atoms with Crippen molar-refractivity contribution in [3.63, 3.8) is 0 Å². The molecule has 0 fully saturated rings. The van der Waals surface area contributed by atoms with Crippen LogP contribution in [0.2, 0.25) is 0 Å². The number of unbranched alkanes of at least 4 members (excludes halogenated alkanes) is 1. The van der Waals surface area contributed by atoms with E-state index in [1.165, 1.54) is 0 Å². The first-order chi connectivity index (χ1) is 10.7. The number of phenols is 1. The summed E-state index contributed by atoms with van der Waals surface area (Å²) in [5, 5.41) is 10.7. The Bertz CT molecular complexity index is 822. The number of aromatic hydroxyl groups is 1. The summed E-state index contributed by atoms with van der Waals surface area (Å²) in [6, 6.07) is 5.24. The van der Waals surface area contributed by atoms with Crippen molar-refractivity contribution in [1.29, 1.82) is 0 Å². The Labute approximate surface area is 129 Å². The first-order valence-electron chi connectivity index (χ1n) is 7.93. The van der Waals surface area contributed by atoms with Crippen LogP contribution < -0.4 is 5.73 Å². The van der Waals surface area contributed by atoms with Crippen LogP contribution >= 0.6 is 0 Å². The molecule has 3 aromatic rings. The number of anilines is 1. The van der Waals surface area contributed by atoms with E-state index in [0.717, 1.165) is 54.5 Å². The van der Waals surface area contributed by atoms with Crippen molar-refractivity contribution < 1.29 is 5.11 Å². The molecule has 0 bridgehead atoms. The van der Waals surface area contributed by atoms with Gasteiger partial charge in [-0.05, 0) is 25.0 Å². The molecular weight excluding hydrogens is 276 g/mol. The van der Waals surface area contributed by atoms with E-state index in [0.29, 0.717) is 11.3 Å². The third kappa shape index (κ3) is 2.36. The van der Waals surface area contributed by atoms with Gasteiger partial charge in [0.1, 0.15) is 17.1 Å². The van der Waals surface area contributed by atoms with Crippen LogP contribution in [0.25, 0.3) is 21.9 Å². The van der Waals surface area contributed by atoms with Crippen LogP contribution in [-0.2, 0) is 13.0 Å². The summed E-state index contributed by atoms with van der Waals surface area (Å²) in [5.41, 5.74) is 8.64. The number of pyridine rings is 1. The molecule has 22 heavy (non-hydrogen) atoms. The van der Waals surface area contributed by atoms with E-state index in [9.17, 15) is 5.11 Å². The highest BCUT2D eigenvalue weighted by Crippen LogP contribution is 2.31. The number of phenolic OH excluding ortho intramolecular Hbond substituents is 1. The number of rotatable bonds is 5. The van der Waals surface area contributed by atoms with Crippen molar-refractivity contribution in [3.05, 3.63) is 24.0 Å². The minimum atomic E-state index is 0.200. The van der Waals surface area contributed by atoms with E-state index in [1.54, 1.807) is 12.1 Å². The van der Waals surface area contributed by atoms with Gasteiger partial charge in [-0.15, -0.1) is 0 Å². The summed E-state index contributed by atoms with van der Waals surface area (Å²) in [4.78, 5) is 9.16. The third-order valence-corrected chi connectivity index (χ3v) is 3.97. The lowest BCUT2D eigenvalue weighted by atomic mass is 10.1. The summed E-state index contributed by atoms with van der Waals surface area (Å²) < 4.78 is 2.27. The smallest absolute Gasteiger partial charge is 0.152 e. The van der Waals surface area contributed by atoms with Crippen LogP contribution in [0.5, 0.6) is 5.75 Å². The Hall–Kier alpha value is -2.30. The predicted octanol–water partition coefficient (Wildman–Crippen LogP) is 3.62. The van der Waals surface area contributed by atoms with E-state index in [2.05, 4.69) is 23.4 Å². The topological polar surface area (TPSA) is 77.0 Å². The summed E-state index contributed by atoms with van der Waals surface area (Å²) in [7, 11) is 0. The van der Waals surface area contributed by atoms with Crippen LogP contribution in [0, 0.1) is 0 Å². The van der Waals surface area contributed by atoms with Crippen molar-refractivity contribution >= 4 is 27.8 Å². The van der Waals surface area contributed by atoms with E-state index in [4.69, 9.17) is 10.7 Å². The van der Waals surface area contributed by atoms with Gasteiger partial charge in [-0.3, -0.25) is 0 Å². The van der Waals surface area contributed by atoms with Gasteiger partial charge >= 0.3 is 0 Å². The average molecular weight is 298 g/mol. The lowest BCUT2D eigenvalue weighted by molar-refractivity contribution is 0.476. The number of nitrogens with two attached hydrogens (primary N) is 1. The van der Waals surface area contributed by atoms with Crippen molar-refractivity contribution in [2.24, 2.45) is 0 Å². The maximum absolute atomic E-state index is 9.68. The molecular formula is C17H22N4O. The lowest BCUT2D eigenvalue weighted by Crippen LogP contribution is -2.04. The van der Waals surface area contributed by atoms with Gasteiger partial charge in [-0.25, -0.2) is 9.97 Å². The molecule has 3 N–H and O–H groups in total. The fraction of sp³-hybridized carbons (Fsp3) is 0.412. The molecule has 0 amide bonds. The SMILES string of the molecule is CCCCc1nc2c(N)nc3cc(O)ccc3c2n1CCC. The summed E-state index contributed by atoms with van der Waals surface area (Å²) in [5.74, 6) is 1.71. The predicted molar refractivity (Wildman–Crippen MR) is 90.0 cm³/mol. The van der Waals surface area contributed by atoms with Gasteiger partial charge in [0, 0.05) is 24.4 Å². The molecule has 5 heteroatoms. The molecule has 0 saturated heterocycles. The molecule has 0 unspecified atom stereocenters. The number of aryl methyl sites for hydroxylation is 2. The Morgan fingerprint density at radius 3 is 2.73 bits per heavy atom. The average Bonchev–Trinajstić information content (AvgIpc) is 2.85. The Kier molecular flexibility index (Phi) is 3.88. The first kappa shape index (κ1) is 14.6. The number of imidazole rings is 1. The van der Waals surface area contributed by atoms with Crippen LogP contribution in [-0.4, -0.2) is 19.6 Å². The molecule has 2 heterocycles. The van der Waals surface area contributed by atoms with E-state index >= 15 is 0 Å². The minimum Gasteiger partial charge on any atom is -0.508 e. The van der Waals surface area contributed by atoms with Gasteiger partial charge in [-0.2, -0.15) is 0 Å². The maximum Gasteiger partial charge on any atom is 0.152 e. The molecule has 0 aliphatic heterocycles. The van der Waals surface area contributed by atoms with E-state index in [1.807, 2.05) is 6.07 Å². The van der Waals surface area contributed by atoms with Crippen LogP contribution in [0.15, 0.2) is 18.2 Å². The van der Waals surface area contributed by atoms with Crippen molar-refractivity contribution in [2.75, 3.05) is 5.73 Å². The zero-order valence-electron chi connectivity index (χ0n) is 13.1. The summed E-state index contributed by atoms with van der Waals surface area (Å²) >= 11 is 0. The van der Waals surface area contributed by atoms with E-state index < -0.39 is 0 Å². The Balaban J connectivity index is 2.33. The highest BCUT2D eigenvalue weighted by atomic mass is 16.3. The van der Waals surface area contributed by atoms with Gasteiger partial charge in [-0.1, -0.05) is 20.3 Å². The number of nitrogens with zero attached hydrogens (tertiary/aromatic N) is 3. The quantitative estimate of drug-likeness (QED) is 0.754. The monoisotopic (exact) mass is 298 g/mol. The fourth-order valence-corrected chi connectivity index (χ4v) is 2.94. The number of hydrogen-bond donors (Lipinski definition) is 2. The number of aromatic nitrogens is 3. The molecule has 3 rings (SSSR count). The molecule has 5 nitrogen and oxygen atoms in total. The Morgan fingerprint density at radius 1 is 1.18 bits per heavy atom. The number of fused-ring (bicyclic) bond motifs is 3. The van der Waals surface area contributed by atoms with Crippen molar-refractivity contribution in [2.45, 2.75) is 46.1 Å². The third-order valence-electron chi connectivity index (χ3n) is 3.97. The molecule has 116 valence electrons. The highest BCUT2D eigenvalue weighted by Gasteiger charge is 2.16. The molecule has 0 aliphatic carbocycles. The van der Waals surface area contributed by atoms with Gasteiger partial charge in [0.25, 0.3) is 0 Å². The fourth-order valence-electron chi connectivity index (χ4n) is 2.94. The second-order valence-corrected chi connectivity index (χ2v) is 5.68. The van der Waals surface area contributed by atoms with Gasteiger partial charge in [0.05, 0.1) is 11.0 Å². The van der Waals surface area contributed by atoms with Crippen LogP contribution in [0.3, 0.4) is 0 Å². The molecule has 1 aromatic carbocycles. The number of nitrogen functional groups attached to an aromatic ring is 1. The Morgan fingerprint density at radius 2 is 2.00 bits per heavy atom. The molecule has 0 saturated carbocycles. The summed E-state index contributed by atoms with van der Waals surface area (Å²) in [6.07, 6.45) is 4.23. The van der Waals surface area contributed by atoms with Gasteiger partial charge in [0.15, 0.2) is 5.82 Å². The number of benzene rings is 1. The first-order valence-corrected chi connectivity index (χ1v) is 7.93. The maximum atomic E-state index is 9.68. The second kappa shape index (κ2) is 5.83. The number of hydrogen-bond acceptors (Lipinski definition) is 4. The lowest BCUT2D eigenvalue weighted by Gasteiger charge is -2.09.